The second-order valence-electron chi connectivity index (χ2n) is 15.7. The maximum absolute atomic E-state index is 13.3. The number of nitrogens with zero attached hydrogens (tertiary/aromatic N) is 3. The first-order valence-electron chi connectivity index (χ1n) is 20.5. The number of aryl methyl sites for hydroxylation is 2. The van der Waals surface area contributed by atoms with Gasteiger partial charge in [0.25, 0.3) is 17.7 Å². The molecule has 3 aliphatic rings. The van der Waals surface area contributed by atoms with Crippen LogP contribution in [0.1, 0.15) is 47.3 Å². The molecule has 3 aliphatic heterocycles. The van der Waals surface area contributed by atoms with E-state index in [2.05, 4.69) is 25.9 Å². The van der Waals surface area contributed by atoms with Gasteiger partial charge in [-0.05, 0) is 61.1 Å². The summed E-state index contributed by atoms with van der Waals surface area (Å²) in [7, 11) is 3.21. The molecule has 6 rings (SSSR count). The second-order valence-corrected chi connectivity index (χ2v) is 16.0. The molecule has 0 spiro atoms. The summed E-state index contributed by atoms with van der Waals surface area (Å²) in [5.41, 5.74) is 14.0. The molecule has 0 bridgehead atoms. The molecular formula is C42H58ClN8O9+. The van der Waals surface area contributed by atoms with Crippen molar-refractivity contribution in [3.63, 3.8) is 0 Å². The minimum Gasteiger partial charge on any atom is -0.484 e. The van der Waals surface area contributed by atoms with E-state index in [1.54, 1.807) is 14.2 Å². The van der Waals surface area contributed by atoms with Crippen molar-refractivity contribution in [1.82, 2.24) is 25.9 Å². The molecule has 3 fully saturated rings. The fourth-order valence-electron chi connectivity index (χ4n) is 8.16. The molecule has 17 nitrogen and oxygen atoms in total. The van der Waals surface area contributed by atoms with Gasteiger partial charge in [-0.15, -0.1) is 0 Å². The molecule has 3 saturated heterocycles. The molecule has 2 aromatic carbocycles. The molecule has 5 atom stereocenters. The number of aromatic nitrogens is 2. The molecule has 0 radical (unpaired) electrons. The number of carbonyl (C=O) groups excluding carboxylic acids is 3. The van der Waals surface area contributed by atoms with Gasteiger partial charge in [0.05, 0.1) is 70.7 Å². The molecule has 326 valence electrons. The highest BCUT2D eigenvalue weighted by Gasteiger charge is 2.36. The first-order valence-corrected chi connectivity index (χ1v) is 20.9. The summed E-state index contributed by atoms with van der Waals surface area (Å²) in [6.07, 6.45) is 5.00. The number of hydrogen-bond acceptors (Lipinski definition) is 13. The van der Waals surface area contributed by atoms with Crippen LogP contribution in [0.25, 0.3) is 0 Å². The van der Waals surface area contributed by atoms with Crippen LogP contribution >= 0.6 is 11.6 Å². The predicted octanol–water partition coefficient (Wildman–Crippen LogP) is 2.09. The molecular weight excluding hydrogens is 796 g/mol. The number of amides is 3. The van der Waals surface area contributed by atoms with Crippen molar-refractivity contribution in [3.8, 4) is 11.5 Å². The standard InChI is InChI=1S/C42H57ClN8O9/c1-55-34-23-57-21-32(34)47-36(52)25-59-30-13-9-27(10-14-30)6-3-17-51(19-5-8-29(20-51)46-42(54)38-40(44)50-41(45)39(43)49-38)18-4-7-28-11-15-31(16-12-28)60-26-37(53)48-33-22-58-24-35(33)56-2/h9-16,29,32-35H,3-8,17-26H2,1-2H3,(H6-,44,45,46,47,48,50,52,53,54)/p+1. The maximum atomic E-state index is 13.3. The van der Waals surface area contributed by atoms with Crippen molar-refractivity contribution in [2.45, 2.75) is 68.9 Å². The highest BCUT2D eigenvalue weighted by atomic mass is 35.5. The van der Waals surface area contributed by atoms with E-state index in [0.717, 1.165) is 69.2 Å². The van der Waals surface area contributed by atoms with Crippen LogP contribution in [0, 0.1) is 0 Å². The van der Waals surface area contributed by atoms with E-state index in [-0.39, 0.29) is 77.8 Å². The third kappa shape index (κ3) is 12.6. The molecule has 0 saturated carbocycles. The average Bonchev–Trinajstić information content (AvgIpc) is 3.90. The Morgan fingerprint density at radius 1 is 0.750 bits per heavy atom. The summed E-state index contributed by atoms with van der Waals surface area (Å²) in [6, 6.07) is 15.2. The number of benzene rings is 2. The van der Waals surface area contributed by atoms with Crippen LogP contribution < -0.4 is 36.9 Å². The topological polar surface area (TPSA) is 221 Å². The summed E-state index contributed by atoms with van der Waals surface area (Å²) < 4.78 is 33.9. The van der Waals surface area contributed by atoms with Gasteiger partial charge in [0.1, 0.15) is 23.7 Å². The van der Waals surface area contributed by atoms with Crippen LogP contribution in [-0.4, -0.2) is 143 Å². The Morgan fingerprint density at radius 2 is 1.27 bits per heavy atom. The number of nitrogen functional groups attached to an aromatic ring is 2. The first-order chi connectivity index (χ1) is 29.0. The first kappa shape index (κ1) is 44.8. The van der Waals surface area contributed by atoms with Crippen molar-refractivity contribution in [3.05, 3.63) is 70.5 Å². The van der Waals surface area contributed by atoms with Gasteiger partial charge in [-0.1, -0.05) is 35.9 Å². The Kier molecular flexibility index (Phi) is 16.2. The largest absolute Gasteiger partial charge is 0.484 e. The van der Waals surface area contributed by atoms with Gasteiger partial charge in [0, 0.05) is 27.1 Å². The Bertz CT molecular complexity index is 1800. The number of methoxy groups -OCH3 is 2. The lowest BCUT2D eigenvalue weighted by Crippen LogP contribution is -2.60. The van der Waals surface area contributed by atoms with E-state index in [1.165, 1.54) is 11.1 Å². The third-order valence-corrected chi connectivity index (χ3v) is 11.7. The molecule has 3 aromatic rings. The van der Waals surface area contributed by atoms with E-state index in [1.807, 2.05) is 48.5 Å². The minimum absolute atomic E-state index is 0.0267. The quantitative estimate of drug-likeness (QED) is 0.103. The number of piperidine rings is 1. The Labute approximate surface area is 355 Å². The molecule has 0 aliphatic carbocycles. The smallest absolute Gasteiger partial charge is 0.274 e. The number of rotatable bonds is 20. The Morgan fingerprint density at radius 3 is 1.77 bits per heavy atom. The molecule has 7 N–H and O–H groups in total. The van der Waals surface area contributed by atoms with Crippen LogP contribution in [0.4, 0.5) is 11.6 Å². The highest BCUT2D eigenvalue weighted by molar-refractivity contribution is 6.31. The van der Waals surface area contributed by atoms with E-state index >= 15 is 0 Å². The van der Waals surface area contributed by atoms with Crippen LogP contribution in [0.15, 0.2) is 48.5 Å². The summed E-state index contributed by atoms with van der Waals surface area (Å²) >= 11 is 6.08. The number of nitrogens with one attached hydrogen (secondary N) is 3. The normalized spacial score (nSPS) is 23.8. The number of quaternary nitrogens is 1. The SMILES string of the molecule is COC1COCC1NC(=O)COc1ccc(CCC[N+]2(CCCc3ccc(OCC(=O)NC4COCC4OC)cc3)CCCC(NC(=O)c3nc(Cl)c(N)nc3N)C2)cc1. The number of nitrogens with two attached hydrogens (primary N) is 2. The van der Waals surface area contributed by atoms with Gasteiger partial charge in [-0.25, -0.2) is 9.97 Å². The summed E-state index contributed by atoms with van der Waals surface area (Å²) in [5, 5.41) is 8.91. The molecule has 60 heavy (non-hydrogen) atoms. The lowest BCUT2D eigenvalue weighted by molar-refractivity contribution is -0.933. The van der Waals surface area contributed by atoms with Crippen molar-refractivity contribution in [2.75, 3.05) is 91.5 Å². The van der Waals surface area contributed by atoms with Gasteiger partial charge in [0.2, 0.25) is 0 Å². The van der Waals surface area contributed by atoms with E-state index < -0.39 is 5.91 Å². The van der Waals surface area contributed by atoms with Gasteiger partial charge < -0.3 is 60.3 Å². The van der Waals surface area contributed by atoms with Crippen molar-refractivity contribution in [1.29, 1.82) is 0 Å². The summed E-state index contributed by atoms with van der Waals surface area (Å²) in [5.74, 6) is 0.262. The summed E-state index contributed by atoms with van der Waals surface area (Å²) in [6.45, 7) is 5.12. The Balaban J connectivity index is 1.02. The fraction of sp³-hybridized carbons (Fsp3) is 0.548. The van der Waals surface area contributed by atoms with Gasteiger partial charge >= 0.3 is 0 Å². The van der Waals surface area contributed by atoms with Crippen molar-refractivity contribution >= 4 is 41.0 Å². The molecule has 18 heteroatoms. The van der Waals surface area contributed by atoms with Gasteiger partial charge in [0.15, 0.2) is 35.7 Å². The number of hydrogen-bond donors (Lipinski definition) is 5. The highest BCUT2D eigenvalue weighted by Crippen LogP contribution is 2.25. The average molecular weight is 854 g/mol. The van der Waals surface area contributed by atoms with Gasteiger partial charge in [-0.3, -0.25) is 14.4 Å². The number of carbonyl (C=O) groups is 3. The summed E-state index contributed by atoms with van der Waals surface area (Å²) in [4.78, 5) is 46.4. The molecule has 3 amide bonds. The van der Waals surface area contributed by atoms with Crippen LogP contribution in [0.5, 0.6) is 11.5 Å². The lowest BCUT2D eigenvalue weighted by atomic mass is 9.99. The number of anilines is 2. The third-order valence-electron chi connectivity index (χ3n) is 11.4. The van der Waals surface area contributed by atoms with Crippen molar-refractivity contribution in [2.24, 2.45) is 0 Å². The molecule has 5 unspecified atom stereocenters. The predicted molar refractivity (Wildman–Crippen MR) is 224 cm³/mol. The minimum atomic E-state index is -0.426. The zero-order valence-electron chi connectivity index (χ0n) is 34.4. The van der Waals surface area contributed by atoms with Crippen LogP contribution in [0.2, 0.25) is 5.15 Å². The zero-order valence-corrected chi connectivity index (χ0v) is 35.1. The Hall–Kier alpha value is -4.78. The second kappa shape index (κ2) is 21.7. The number of likely N-dealkylation sites (tertiary alicyclic amines) is 1. The maximum Gasteiger partial charge on any atom is 0.274 e. The zero-order chi connectivity index (χ0) is 42.5. The van der Waals surface area contributed by atoms with Crippen LogP contribution in [-0.2, 0) is 41.4 Å². The number of halogens is 1. The van der Waals surface area contributed by atoms with E-state index in [9.17, 15) is 14.4 Å². The number of ether oxygens (including phenoxy) is 6. The fourth-order valence-corrected chi connectivity index (χ4v) is 8.29. The van der Waals surface area contributed by atoms with Crippen LogP contribution in [0.3, 0.4) is 0 Å². The molecule has 1 aromatic heterocycles. The van der Waals surface area contributed by atoms with E-state index in [4.69, 9.17) is 51.5 Å². The lowest BCUT2D eigenvalue weighted by Gasteiger charge is -2.45. The van der Waals surface area contributed by atoms with Crippen molar-refractivity contribution < 1.29 is 47.3 Å². The van der Waals surface area contributed by atoms with Gasteiger partial charge in [-0.2, -0.15) is 0 Å². The monoisotopic (exact) mass is 853 g/mol. The van der Waals surface area contributed by atoms with E-state index in [0.29, 0.717) is 37.9 Å². The molecule has 4 heterocycles.